The van der Waals surface area contributed by atoms with Crippen LogP contribution >= 0.6 is 0 Å². The zero-order valence-electron chi connectivity index (χ0n) is 11.7. The number of carbonyl (C=O) groups is 1. The number of carbonyl (C=O) groups excluding carboxylic acids is 1. The Morgan fingerprint density at radius 2 is 1.85 bits per heavy atom. The second-order valence-electron chi connectivity index (χ2n) is 5.92. The fraction of sp³-hybridized carbons (Fsp3) is 0.562. The number of halogens is 1. The number of nitrogens with zero attached hydrogens (tertiary/aromatic N) is 1. The molecule has 1 heterocycles. The van der Waals surface area contributed by atoms with Gasteiger partial charge in [0.2, 0.25) is 0 Å². The molecule has 1 N–H and O–H groups in total. The van der Waals surface area contributed by atoms with E-state index in [1.165, 1.54) is 25.0 Å². The Hall–Kier alpha value is -1.58. The molecular formula is C16H21FN2O. The highest BCUT2D eigenvalue weighted by Crippen LogP contribution is 2.45. The lowest BCUT2D eigenvalue weighted by atomic mass is 10.1. The van der Waals surface area contributed by atoms with Crippen LogP contribution in [0.15, 0.2) is 24.3 Å². The predicted molar refractivity (Wildman–Crippen MR) is 75.9 cm³/mol. The summed E-state index contributed by atoms with van der Waals surface area (Å²) in [5.41, 5.74) is 0.562. The van der Waals surface area contributed by atoms with Gasteiger partial charge in [-0.3, -0.25) is 0 Å². The zero-order valence-corrected chi connectivity index (χ0v) is 11.7. The van der Waals surface area contributed by atoms with Crippen molar-refractivity contribution in [3.8, 4) is 0 Å². The summed E-state index contributed by atoms with van der Waals surface area (Å²) in [5, 5.41) is 3.13. The predicted octanol–water partition coefficient (Wildman–Crippen LogP) is 3.40. The fourth-order valence-corrected chi connectivity index (χ4v) is 2.95. The molecule has 0 aromatic heterocycles. The Morgan fingerprint density at radius 1 is 1.15 bits per heavy atom. The largest absolute Gasteiger partial charge is 0.328 e. The van der Waals surface area contributed by atoms with Gasteiger partial charge < -0.3 is 10.2 Å². The van der Waals surface area contributed by atoms with Gasteiger partial charge in [0.15, 0.2) is 0 Å². The number of benzene rings is 1. The Balaban J connectivity index is 1.68. The van der Waals surface area contributed by atoms with Crippen LogP contribution in [0, 0.1) is 5.82 Å². The van der Waals surface area contributed by atoms with Gasteiger partial charge in [0, 0.05) is 13.1 Å². The summed E-state index contributed by atoms with van der Waals surface area (Å²) in [6.07, 6.45) is 6.38. The molecule has 2 amide bonds. The first kappa shape index (κ1) is 13.4. The molecule has 0 spiro atoms. The zero-order chi connectivity index (χ0) is 14.0. The molecule has 1 aromatic rings. The maximum absolute atomic E-state index is 13.3. The molecule has 0 atom stereocenters. The maximum Gasteiger partial charge on any atom is 0.318 e. The van der Waals surface area contributed by atoms with Crippen molar-refractivity contribution in [3.05, 3.63) is 35.6 Å². The van der Waals surface area contributed by atoms with Gasteiger partial charge in [-0.15, -0.1) is 0 Å². The lowest BCUT2D eigenvalue weighted by Crippen LogP contribution is -2.45. The van der Waals surface area contributed by atoms with Crippen molar-refractivity contribution in [1.82, 2.24) is 10.2 Å². The molecule has 1 aliphatic heterocycles. The van der Waals surface area contributed by atoms with Crippen LogP contribution in [0.5, 0.6) is 0 Å². The highest BCUT2D eigenvalue weighted by atomic mass is 19.1. The third-order valence-corrected chi connectivity index (χ3v) is 4.37. The Kier molecular flexibility index (Phi) is 3.64. The van der Waals surface area contributed by atoms with Gasteiger partial charge in [0.05, 0.1) is 5.54 Å². The first-order valence-electron chi connectivity index (χ1n) is 7.53. The third-order valence-electron chi connectivity index (χ3n) is 4.37. The average Bonchev–Trinajstić information content (AvgIpc) is 3.22. The number of hydrogen-bond donors (Lipinski definition) is 1. The van der Waals surface area contributed by atoms with Crippen molar-refractivity contribution in [1.29, 1.82) is 0 Å². The molecule has 3 nitrogen and oxygen atoms in total. The average molecular weight is 276 g/mol. The van der Waals surface area contributed by atoms with E-state index >= 15 is 0 Å². The highest BCUT2D eigenvalue weighted by Gasteiger charge is 2.46. The van der Waals surface area contributed by atoms with Crippen molar-refractivity contribution in [3.63, 3.8) is 0 Å². The minimum atomic E-state index is -0.328. The van der Waals surface area contributed by atoms with Crippen LogP contribution < -0.4 is 5.32 Å². The molecule has 1 aliphatic carbocycles. The van der Waals surface area contributed by atoms with Crippen molar-refractivity contribution in [2.45, 2.75) is 44.1 Å². The minimum absolute atomic E-state index is 0.00802. The topological polar surface area (TPSA) is 32.3 Å². The second-order valence-corrected chi connectivity index (χ2v) is 5.92. The maximum atomic E-state index is 13.3. The molecule has 1 saturated heterocycles. The van der Waals surface area contributed by atoms with E-state index in [1.807, 2.05) is 11.0 Å². The van der Waals surface area contributed by atoms with E-state index in [1.54, 1.807) is 6.07 Å². The number of likely N-dealkylation sites (tertiary alicyclic amines) is 1. The van der Waals surface area contributed by atoms with Crippen LogP contribution in [0.1, 0.15) is 44.1 Å². The molecule has 3 rings (SSSR count). The third kappa shape index (κ3) is 2.79. The van der Waals surface area contributed by atoms with Gasteiger partial charge in [-0.25, -0.2) is 9.18 Å². The van der Waals surface area contributed by atoms with E-state index in [0.29, 0.717) is 0 Å². The summed E-state index contributed by atoms with van der Waals surface area (Å²) in [5.74, 6) is -0.238. The van der Waals surface area contributed by atoms with Gasteiger partial charge in [0.25, 0.3) is 0 Å². The Bertz CT molecular complexity index is 491. The SMILES string of the molecule is O=C(NC1(c2cccc(F)c2)CC1)N1CCCCCC1. The van der Waals surface area contributed by atoms with E-state index in [-0.39, 0.29) is 17.4 Å². The summed E-state index contributed by atoms with van der Waals surface area (Å²) in [6.45, 7) is 1.68. The van der Waals surface area contributed by atoms with Gasteiger partial charge >= 0.3 is 6.03 Å². The number of amides is 2. The van der Waals surface area contributed by atoms with E-state index in [4.69, 9.17) is 0 Å². The number of hydrogen-bond acceptors (Lipinski definition) is 1. The van der Waals surface area contributed by atoms with Crippen molar-refractivity contribution in [2.75, 3.05) is 13.1 Å². The summed E-state index contributed by atoms with van der Waals surface area (Å²) >= 11 is 0. The van der Waals surface area contributed by atoms with Gasteiger partial charge in [-0.2, -0.15) is 0 Å². The Morgan fingerprint density at radius 3 is 2.45 bits per heavy atom. The van der Waals surface area contributed by atoms with Gasteiger partial charge in [0.1, 0.15) is 5.82 Å². The summed E-state index contributed by atoms with van der Waals surface area (Å²) in [6, 6.07) is 6.60. The van der Waals surface area contributed by atoms with Gasteiger partial charge in [-0.1, -0.05) is 25.0 Å². The highest BCUT2D eigenvalue weighted by molar-refractivity contribution is 5.76. The molecule has 1 aromatic carbocycles. The fourth-order valence-electron chi connectivity index (χ4n) is 2.95. The van der Waals surface area contributed by atoms with E-state index in [0.717, 1.165) is 44.3 Å². The van der Waals surface area contributed by atoms with Crippen LogP contribution in [-0.2, 0) is 5.54 Å². The Labute approximate surface area is 119 Å². The van der Waals surface area contributed by atoms with Crippen molar-refractivity contribution in [2.24, 2.45) is 0 Å². The standard InChI is InChI=1S/C16H21FN2O/c17-14-7-5-6-13(12-14)16(8-9-16)18-15(20)19-10-3-1-2-4-11-19/h5-7,12H,1-4,8-11H2,(H,18,20). The molecular weight excluding hydrogens is 255 g/mol. The normalized spacial score (nSPS) is 21.1. The van der Waals surface area contributed by atoms with Crippen LogP contribution in [0.2, 0.25) is 0 Å². The minimum Gasteiger partial charge on any atom is -0.328 e. The second kappa shape index (κ2) is 5.43. The smallest absolute Gasteiger partial charge is 0.318 e. The molecule has 108 valence electrons. The first-order valence-corrected chi connectivity index (χ1v) is 7.53. The molecule has 1 saturated carbocycles. The molecule has 0 unspecified atom stereocenters. The van der Waals surface area contributed by atoms with Crippen LogP contribution in [0.25, 0.3) is 0 Å². The summed E-state index contributed by atoms with van der Waals surface area (Å²) in [4.78, 5) is 14.3. The molecule has 2 aliphatic rings. The lowest BCUT2D eigenvalue weighted by Gasteiger charge is -2.25. The number of nitrogens with one attached hydrogen (secondary N) is 1. The number of urea groups is 1. The van der Waals surface area contributed by atoms with Gasteiger partial charge in [-0.05, 0) is 43.4 Å². The summed E-state index contributed by atoms with van der Waals surface area (Å²) < 4.78 is 13.3. The molecule has 0 radical (unpaired) electrons. The molecule has 2 fully saturated rings. The number of rotatable bonds is 2. The van der Waals surface area contributed by atoms with Crippen molar-refractivity contribution < 1.29 is 9.18 Å². The van der Waals surface area contributed by atoms with E-state index in [9.17, 15) is 9.18 Å². The van der Waals surface area contributed by atoms with E-state index < -0.39 is 0 Å². The molecule has 4 heteroatoms. The van der Waals surface area contributed by atoms with Crippen LogP contribution in [0.4, 0.5) is 9.18 Å². The van der Waals surface area contributed by atoms with Crippen molar-refractivity contribution >= 4 is 6.03 Å². The van der Waals surface area contributed by atoms with Crippen LogP contribution in [-0.4, -0.2) is 24.0 Å². The first-order chi connectivity index (χ1) is 9.70. The monoisotopic (exact) mass is 276 g/mol. The lowest BCUT2D eigenvalue weighted by molar-refractivity contribution is 0.194. The quantitative estimate of drug-likeness (QED) is 0.882. The molecule has 0 bridgehead atoms. The van der Waals surface area contributed by atoms with Crippen LogP contribution in [0.3, 0.4) is 0 Å². The summed E-state index contributed by atoms with van der Waals surface area (Å²) in [7, 11) is 0. The molecule has 20 heavy (non-hydrogen) atoms. The van der Waals surface area contributed by atoms with E-state index in [2.05, 4.69) is 5.32 Å².